The van der Waals surface area contributed by atoms with E-state index >= 15 is 0 Å². The fourth-order valence-corrected chi connectivity index (χ4v) is 2.57. The first-order valence-electron chi connectivity index (χ1n) is 7.18. The zero-order chi connectivity index (χ0) is 17.1. The van der Waals surface area contributed by atoms with Crippen molar-refractivity contribution in [1.29, 1.82) is 5.26 Å². The monoisotopic (exact) mass is 336 g/mol. The van der Waals surface area contributed by atoms with E-state index < -0.39 is 5.91 Å². The summed E-state index contributed by atoms with van der Waals surface area (Å²) in [6.45, 7) is 0.572. The molecule has 1 amide bonds. The topological polar surface area (TPSA) is 84.7 Å². The van der Waals surface area contributed by atoms with Gasteiger partial charge in [-0.25, -0.2) is 0 Å². The van der Waals surface area contributed by atoms with Gasteiger partial charge < -0.3 is 5.73 Å². The zero-order valence-electron chi connectivity index (χ0n) is 12.6. The van der Waals surface area contributed by atoms with Crippen molar-refractivity contribution in [2.75, 3.05) is 0 Å². The molecule has 0 fully saturated rings. The van der Waals surface area contributed by atoms with Gasteiger partial charge in [-0.1, -0.05) is 29.8 Å². The first-order valence-corrected chi connectivity index (χ1v) is 7.56. The molecule has 5 nitrogen and oxygen atoms in total. The Balaban J connectivity index is 1.79. The molecule has 0 saturated carbocycles. The van der Waals surface area contributed by atoms with Crippen molar-refractivity contribution in [3.05, 3.63) is 76.6 Å². The van der Waals surface area contributed by atoms with Crippen molar-refractivity contribution in [3.63, 3.8) is 0 Å². The molecule has 1 heterocycles. The molecule has 6 heteroatoms. The lowest BCUT2D eigenvalue weighted by atomic mass is 10.1. The minimum absolute atomic E-state index is 0.421. The molecular weight excluding hydrogens is 324 g/mol. The Morgan fingerprint density at radius 1 is 1.21 bits per heavy atom. The van der Waals surface area contributed by atoms with Gasteiger partial charge in [0.15, 0.2) is 0 Å². The third kappa shape index (κ3) is 3.29. The summed E-state index contributed by atoms with van der Waals surface area (Å²) in [6.07, 6.45) is 3.65. The molecule has 0 saturated heterocycles. The average molecular weight is 337 g/mol. The van der Waals surface area contributed by atoms with Crippen molar-refractivity contribution < 1.29 is 4.79 Å². The summed E-state index contributed by atoms with van der Waals surface area (Å²) in [4.78, 5) is 11.1. The van der Waals surface area contributed by atoms with Crippen molar-refractivity contribution >= 4 is 17.5 Å². The highest BCUT2D eigenvalue weighted by molar-refractivity contribution is 6.32. The van der Waals surface area contributed by atoms with Crippen LogP contribution in [0.1, 0.15) is 21.5 Å². The molecule has 3 rings (SSSR count). The fourth-order valence-electron chi connectivity index (χ4n) is 2.35. The number of hydrogen-bond donors (Lipinski definition) is 1. The number of benzene rings is 2. The van der Waals surface area contributed by atoms with Crippen molar-refractivity contribution in [2.45, 2.75) is 6.54 Å². The Bertz CT molecular complexity index is 938. The highest BCUT2D eigenvalue weighted by Crippen LogP contribution is 2.25. The van der Waals surface area contributed by atoms with Crippen LogP contribution in [0.2, 0.25) is 5.02 Å². The standard InChI is InChI=1S/C18H13ClN4O/c19-17-7-14(5-6-15(17)8-20)16-9-22-23(11-16)10-12-1-3-13(4-2-12)18(21)24/h1-7,9,11H,10H2,(H2,21,24). The van der Waals surface area contributed by atoms with Crippen LogP contribution >= 0.6 is 11.6 Å². The van der Waals surface area contributed by atoms with Gasteiger partial charge in [0.1, 0.15) is 6.07 Å². The maximum atomic E-state index is 11.1. The number of nitriles is 1. The maximum absolute atomic E-state index is 11.1. The molecule has 2 aromatic carbocycles. The van der Waals surface area contributed by atoms with Gasteiger partial charge in [0, 0.05) is 17.3 Å². The summed E-state index contributed by atoms with van der Waals surface area (Å²) in [5.41, 5.74) is 8.97. The molecule has 0 aliphatic heterocycles. The number of halogens is 1. The van der Waals surface area contributed by atoms with E-state index in [9.17, 15) is 4.79 Å². The third-order valence-corrected chi connectivity index (χ3v) is 3.95. The summed E-state index contributed by atoms with van der Waals surface area (Å²) in [7, 11) is 0. The van der Waals surface area contributed by atoms with E-state index in [2.05, 4.69) is 5.10 Å². The maximum Gasteiger partial charge on any atom is 0.248 e. The Kier molecular flexibility index (Phi) is 4.32. The van der Waals surface area contributed by atoms with E-state index in [1.54, 1.807) is 35.1 Å². The number of nitrogens with zero attached hydrogens (tertiary/aromatic N) is 3. The van der Waals surface area contributed by atoms with Gasteiger partial charge >= 0.3 is 0 Å². The highest BCUT2D eigenvalue weighted by atomic mass is 35.5. The van der Waals surface area contributed by atoms with Crippen LogP contribution in [0.4, 0.5) is 0 Å². The second-order valence-electron chi connectivity index (χ2n) is 5.29. The minimum Gasteiger partial charge on any atom is -0.366 e. The Morgan fingerprint density at radius 2 is 1.96 bits per heavy atom. The number of aromatic nitrogens is 2. The minimum atomic E-state index is -0.444. The molecule has 1 aromatic heterocycles. The third-order valence-electron chi connectivity index (χ3n) is 3.64. The second-order valence-corrected chi connectivity index (χ2v) is 5.70. The number of amides is 1. The Hall–Kier alpha value is -3.10. The second kappa shape index (κ2) is 6.57. The molecular formula is C18H13ClN4O. The summed E-state index contributed by atoms with van der Waals surface area (Å²) < 4.78 is 1.79. The van der Waals surface area contributed by atoms with E-state index in [0.717, 1.165) is 16.7 Å². The molecule has 3 aromatic rings. The number of rotatable bonds is 4. The largest absolute Gasteiger partial charge is 0.366 e. The van der Waals surface area contributed by atoms with Gasteiger partial charge in [-0.2, -0.15) is 10.4 Å². The molecule has 0 aliphatic carbocycles. The number of hydrogen-bond acceptors (Lipinski definition) is 3. The van der Waals surface area contributed by atoms with E-state index in [1.807, 2.05) is 30.5 Å². The first kappa shape index (κ1) is 15.8. The normalized spacial score (nSPS) is 10.3. The van der Waals surface area contributed by atoms with E-state index in [1.165, 1.54) is 0 Å². The van der Waals surface area contributed by atoms with Crippen LogP contribution < -0.4 is 5.73 Å². The number of carbonyl (C=O) groups is 1. The lowest BCUT2D eigenvalue weighted by molar-refractivity contribution is 0.100. The van der Waals surface area contributed by atoms with Crippen molar-refractivity contribution in [3.8, 4) is 17.2 Å². The number of carbonyl (C=O) groups excluding carboxylic acids is 1. The van der Waals surface area contributed by atoms with Gasteiger partial charge in [0.2, 0.25) is 5.91 Å². The van der Waals surface area contributed by atoms with Crippen molar-refractivity contribution in [2.24, 2.45) is 5.73 Å². The van der Waals surface area contributed by atoms with Crippen LogP contribution in [0.15, 0.2) is 54.9 Å². The lowest BCUT2D eigenvalue weighted by Gasteiger charge is -2.03. The predicted octanol–water partition coefficient (Wildman–Crippen LogP) is 3.22. The molecule has 118 valence electrons. The molecule has 0 spiro atoms. The summed E-state index contributed by atoms with van der Waals surface area (Å²) in [5.74, 6) is -0.444. The van der Waals surface area contributed by atoms with E-state index in [-0.39, 0.29) is 0 Å². The molecule has 0 unspecified atom stereocenters. The van der Waals surface area contributed by atoms with Crippen LogP contribution in [0.3, 0.4) is 0 Å². The number of primary amides is 1. The Morgan fingerprint density at radius 3 is 2.58 bits per heavy atom. The van der Waals surface area contributed by atoms with Gasteiger partial charge in [-0.15, -0.1) is 0 Å². The highest BCUT2D eigenvalue weighted by Gasteiger charge is 2.06. The Labute approximate surface area is 143 Å². The van der Waals surface area contributed by atoms with Crippen LogP contribution in [-0.4, -0.2) is 15.7 Å². The van der Waals surface area contributed by atoms with E-state index in [0.29, 0.717) is 22.7 Å². The van der Waals surface area contributed by atoms with Crippen LogP contribution in [-0.2, 0) is 6.54 Å². The molecule has 2 N–H and O–H groups in total. The summed E-state index contributed by atoms with van der Waals surface area (Å²) >= 11 is 6.07. The van der Waals surface area contributed by atoms with Crippen LogP contribution in [0, 0.1) is 11.3 Å². The lowest BCUT2D eigenvalue weighted by Crippen LogP contribution is -2.10. The zero-order valence-corrected chi connectivity index (χ0v) is 13.4. The van der Waals surface area contributed by atoms with E-state index in [4.69, 9.17) is 22.6 Å². The molecule has 0 atom stereocenters. The molecule has 0 aliphatic rings. The summed E-state index contributed by atoms with van der Waals surface area (Å²) in [5, 5.41) is 13.7. The molecule has 0 radical (unpaired) electrons. The summed E-state index contributed by atoms with van der Waals surface area (Å²) in [6, 6.07) is 14.4. The van der Waals surface area contributed by atoms with Crippen LogP contribution in [0.5, 0.6) is 0 Å². The molecule has 24 heavy (non-hydrogen) atoms. The van der Waals surface area contributed by atoms with Gasteiger partial charge in [-0.3, -0.25) is 9.48 Å². The quantitative estimate of drug-likeness (QED) is 0.793. The SMILES string of the molecule is N#Cc1ccc(-c2cnn(Cc3ccc(C(N)=O)cc3)c2)cc1Cl. The van der Waals surface area contributed by atoms with Gasteiger partial charge in [0.25, 0.3) is 0 Å². The number of nitrogens with two attached hydrogens (primary N) is 1. The van der Waals surface area contributed by atoms with Gasteiger partial charge in [-0.05, 0) is 35.4 Å². The van der Waals surface area contributed by atoms with Gasteiger partial charge in [0.05, 0.1) is 23.3 Å². The van der Waals surface area contributed by atoms with Crippen LogP contribution in [0.25, 0.3) is 11.1 Å². The first-order chi connectivity index (χ1) is 11.6. The molecule has 0 bridgehead atoms. The average Bonchev–Trinajstić information content (AvgIpc) is 3.04. The fraction of sp³-hybridized carbons (Fsp3) is 0.0556. The smallest absolute Gasteiger partial charge is 0.248 e. The van der Waals surface area contributed by atoms with Crippen molar-refractivity contribution in [1.82, 2.24) is 9.78 Å². The predicted molar refractivity (Wildman–Crippen MR) is 91.4 cm³/mol.